The summed E-state index contributed by atoms with van der Waals surface area (Å²) in [4.78, 5) is 14.8. The smallest absolute Gasteiger partial charge is 0.304 e. The van der Waals surface area contributed by atoms with Gasteiger partial charge in [0.25, 0.3) is 5.89 Å². The molecule has 0 radical (unpaired) electrons. The molecule has 3 rings (SSSR count). The lowest BCUT2D eigenvalue weighted by atomic mass is 10.1. The van der Waals surface area contributed by atoms with Crippen LogP contribution >= 0.6 is 0 Å². The van der Waals surface area contributed by atoms with E-state index in [1.165, 1.54) is 18.2 Å². The first-order valence-corrected chi connectivity index (χ1v) is 9.85. The standard InChI is InChI=1S/C18H17N5O5S/c19-16(20)11-4-6-12(7-5-11)18-22-17(23-28-18)13-2-1-3-14(10-13)29(26,27)21-9-8-15(24)25/h1-7,10,21H,8-9H2,(H3,19,20)(H,24,25). The summed E-state index contributed by atoms with van der Waals surface area (Å²) in [5, 5.41) is 19.9. The summed E-state index contributed by atoms with van der Waals surface area (Å²) in [5.74, 6) is -0.740. The van der Waals surface area contributed by atoms with E-state index in [1.807, 2.05) is 0 Å². The Balaban J connectivity index is 1.82. The lowest BCUT2D eigenvalue weighted by Crippen LogP contribution is -2.26. The van der Waals surface area contributed by atoms with Gasteiger partial charge >= 0.3 is 5.97 Å². The summed E-state index contributed by atoms with van der Waals surface area (Å²) < 4.78 is 32.1. The van der Waals surface area contributed by atoms with E-state index in [2.05, 4.69) is 14.9 Å². The Morgan fingerprint density at radius 3 is 2.55 bits per heavy atom. The maximum absolute atomic E-state index is 12.3. The lowest BCUT2D eigenvalue weighted by molar-refractivity contribution is -0.136. The molecule has 0 aliphatic rings. The minimum atomic E-state index is -3.88. The number of hydrogen-bond donors (Lipinski definition) is 4. The van der Waals surface area contributed by atoms with E-state index in [1.54, 1.807) is 30.3 Å². The van der Waals surface area contributed by atoms with E-state index in [0.717, 1.165) is 0 Å². The summed E-state index contributed by atoms with van der Waals surface area (Å²) in [7, 11) is -3.88. The van der Waals surface area contributed by atoms with Gasteiger partial charge in [0.2, 0.25) is 15.8 Å². The first kappa shape index (κ1) is 20.2. The topological polar surface area (TPSA) is 172 Å². The van der Waals surface area contributed by atoms with Crippen LogP contribution in [0.4, 0.5) is 0 Å². The zero-order valence-electron chi connectivity index (χ0n) is 15.0. The number of nitrogens with zero attached hydrogens (tertiary/aromatic N) is 2. The fraction of sp³-hybridized carbons (Fsp3) is 0.111. The normalized spacial score (nSPS) is 11.3. The molecule has 0 atom stereocenters. The third-order valence-electron chi connectivity index (χ3n) is 3.90. The average Bonchev–Trinajstić information content (AvgIpc) is 3.18. The molecule has 0 bridgehead atoms. The van der Waals surface area contributed by atoms with Gasteiger partial charge in [-0.25, -0.2) is 13.1 Å². The molecule has 1 aromatic heterocycles. The van der Waals surface area contributed by atoms with Crippen LogP contribution in [0, 0.1) is 5.41 Å². The van der Waals surface area contributed by atoms with Crippen LogP contribution in [0.15, 0.2) is 57.9 Å². The van der Waals surface area contributed by atoms with Crippen LogP contribution in [0.3, 0.4) is 0 Å². The van der Waals surface area contributed by atoms with Gasteiger partial charge in [0.15, 0.2) is 0 Å². The van der Waals surface area contributed by atoms with Crippen molar-refractivity contribution in [2.24, 2.45) is 5.73 Å². The average molecular weight is 415 g/mol. The van der Waals surface area contributed by atoms with E-state index in [4.69, 9.17) is 20.8 Å². The summed E-state index contributed by atoms with van der Waals surface area (Å²) in [6.07, 6.45) is -0.324. The molecule has 5 N–H and O–H groups in total. The van der Waals surface area contributed by atoms with Crippen molar-refractivity contribution in [1.29, 1.82) is 5.41 Å². The molecule has 29 heavy (non-hydrogen) atoms. The fourth-order valence-electron chi connectivity index (χ4n) is 2.43. The van der Waals surface area contributed by atoms with Gasteiger partial charge in [-0.2, -0.15) is 4.98 Å². The van der Waals surface area contributed by atoms with Crippen LogP contribution in [-0.4, -0.2) is 42.0 Å². The van der Waals surface area contributed by atoms with Gasteiger partial charge in [-0.05, 0) is 24.3 Å². The van der Waals surface area contributed by atoms with Gasteiger partial charge in [-0.3, -0.25) is 10.2 Å². The monoisotopic (exact) mass is 415 g/mol. The molecule has 0 aliphatic heterocycles. The summed E-state index contributed by atoms with van der Waals surface area (Å²) in [5.41, 5.74) is 7.02. The number of sulfonamides is 1. The number of carboxylic acids is 1. The second-order valence-corrected chi connectivity index (χ2v) is 7.75. The van der Waals surface area contributed by atoms with Crippen molar-refractivity contribution in [1.82, 2.24) is 14.9 Å². The van der Waals surface area contributed by atoms with Crippen molar-refractivity contribution in [3.63, 3.8) is 0 Å². The molecule has 11 heteroatoms. The number of nitrogens with one attached hydrogen (secondary N) is 2. The van der Waals surface area contributed by atoms with Crippen LogP contribution in [-0.2, 0) is 14.8 Å². The number of amidine groups is 1. The quantitative estimate of drug-likeness (QED) is 0.316. The maximum Gasteiger partial charge on any atom is 0.304 e. The van der Waals surface area contributed by atoms with Crippen LogP contribution in [0.5, 0.6) is 0 Å². The Hall–Kier alpha value is -3.57. The molecular formula is C18H17N5O5S. The number of aliphatic carboxylic acids is 1. The highest BCUT2D eigenvalue weighted by Crippen LogP contribution is 2.24. The van der Waals surface area contributed by atoms with Crippen LogP contribution in [0.1, 0.15) is 12.0 Å². The molecule has 0 fully saturated rings. The summed E-state index contributed by atoms with van der Waals surface area (Å²) in [6, 6.07) is 12.6. The van der Waals surface area contributed by atoms with Gasteiger partial charge in [-0.15, -0.1) is 0 Å². The van der Waals surface area contributed by atoms with E-state index in [9.17, 15) is 13.2 Å². The van der Waals surface area contributed by atoms with Crippen molar-refractivity contribution >= 4 is 21.8 Å². The molecule has 1 heterocycles. The molecule has 0 spiro atoms. The Morgan fingerprint density at radius 1 is 1.17 bits per heavy atom. The SMILES string of the molecule is N=C(N)c1ccc(-c2nc(-c3cccc(S(=O)(=O)NCCC(=O)O)c3)no2)cc1. The highest BCUT2D eigenvalue weighted by molar-refractivity contribution is 7.89. The van der Waals surface area contributed by atoms with Gasteiger partial charge in [0.1, 0.15) is 5.84 Å². The van der Waals surface area contributed by atoms with Crippen molar-refractivity contribution in [3.05, 3.63) is 54.1 Å². The van der Waals surface area contributed by atoms with Crippen LogP contribution in [0.25, 0.3) is 22.8 Å². The number of hydrogen-bond acceptors (Lipinski definition) is 7. The minimum Gasteiger partial charge on any atom is -0.481 e. The second-order valence-electron chi connectivity index (χ2n) is 5.98. The largest absolute Gasteiger partial charge is 0.481 e. The molecule has 150 valence electrons. The van der Waals surface area contributed by atoms with Crippen LogP contribution < -0.4 is 10.5 Å². The first-order chi connectivity index (χ1) is 13.8. The van der Waals surface area contributed by atoms with Crippen molar-refractivity contribution in [2.75, 3.05) is 6.54 Å². The zero-order valence-corrected chi connectivity index (χ0v) is 15.8. The molecule has 2 aromatic carbocycles. The molecule has 10 nitrogen and oxygen atoms in total. The number of carboxylic acid groups (broad SMARTS) is 1. The van der Waals surface area contributed by atoms with Crippen molar-refractivity contribution < 1.29 is 22.8 Å². The van der Waals surface area contributed by atoms with Crippen molar-refractivity contribution in [2.45, 2.75) is 11.3 Å². The Morgan fingerprint density at radius 2 is 1.90 bits per heavy atom. The predicted molar refractivity (Wildman–Crippen MR) is 104 cm³/mol. The number of nitrogen functional groups attached to an aromatic ring is 1. The second kappa shape index (κ2) is 8.20. The third-order valence-corrected chi connectivity index (χ3v) is 5.36. The number of benzene rings is 2. The van der Waals surface area contributed by atoms with Crippen molar-refractivity contribution in [3.8, 4) is 22.8 Å². The highest BCUT2D eigenvalue weighted by atomic mass is 32.2. The number of rotatable bonds is 8. The third kappa shape index (κ3) is 4.83. The molecule has 0 saturated heterocycles. The zero-order chi connectivity index (χ0) is 21.0. The molecule has 3 aromatic rings. The maximum atomic E-state index is 12.3. The van der Waals surface area contributed by atoms with E-state index in [0.29, 0.717) is 16.7 Å². The van der Waals surface area contributed by atoms with E-state index >= 15 is 0 Å². The molecular weight excluding hydrogens is 398 g/mol. The number of carbonyl (C=O) groups is 1. The van der Waals surface area contributed by atoms with Gasteiger partial charge in [-0.1, -0.05) is 29.4 Å². The Kier molecular flexibility index (Phi) is 5.71. The Bertz CT molecular complexity index is 1160. The van der Waals surface area contributed by atoms with Crippen LogP contribution in [0.2, 0.25) is 0 Å². The summed E-state index contributed by atoms with van der Waals surface area (Å²) in [6.45, 7) is -0.218. The molecule has 0 amide bonds. The highest BCUT2D eigenvalue weighted by Gasteiger charge is 2.17. The molecule has 0 aliphatic carbocycles. The van der Waals surface area contributed by atoms with E-state index < -0.39 is 16.0 Å². The first-order valence-electron chi connectivity index (χ1n) is 8.37. The van der Waals surface area contributed by atoms with Gasteiger partial charge < -0.3 is 15.4 Å². The lowest BCUT2D eigenvalue weighted by Gasteiger charge is -2.06. The van der Waals surface area contributed by atoms with Gasteiger partial charge in [0, 0.05) is 23.2 Å². The molecule has 0 saturated carbocycles. The van der Waals surface area contributed by atoms with E-state index in [-0.39, 0.29) is 35.4 Å². The Labute approximate surface area is 165 Å². The summed E-state index contributed by atoms with van der Waals surface area (Å²) >= 11 is 0. The number of nitrogens with two attached hydrogens (primary N) is 1. The molecule has 0 unspecified atom stereocenters. The predicted octanol–water partition coefficient (Wildman–Crippen LogP) is 1.44. The minimum absolute atomic E-state index is 0.0439. The number of aromatic nitrogens is 2. The fourth-order valence-corrected chi connectivity index (χ4v) is 3.51. The van der Waals surface area contributed by atoms with Gasteiger partial charge in [0.05, 0.1) is 11.3 Å².